The first kappa shape index (κ1) is 16.3. The molecule has 1 aliphatic heterocycles. The number of aromatic nitrogens is 3. The second kappa shape index (κ2) is 6.63. The fourth-order valence-corrected chi connectivity index (χ4v) is 3.78. The van der Waals surface area contributed by atoms with Crippen molar-refractivity contribution in [3.63, 3.8) is 0 Å². The van der Waals surface area contributed by atoms with Gasteiger partial charge in [0.1, 0.15) is 11.3 Å². The topological polar surface area (TPSA) is 64.2 Å². The number of furan rings is 1. The van der Waals surface area contributed by atoms with Crippen molar-refractivity contribution in [3.8, 4) is 0 Å². The van der Waals surface area contributed by atoms with Gasteiger partial charge in [-0.2, -0.15) is 0 Å². The second-order valence-corrected chi connectivity index (χ2v) is 7.09. The molecule has 0 spiro atoms. The number of likely N-dealkylation sites (tertiary alicyclic amines) is 1. The summed E-state index contributed by atoms with van der Waals surface area (Å²) in [5, 5.41) is 0. The summed E-state index contributed by atoms with van der Waals surface area (Å²) in [6.07, 6.45) is 3.73. The van der Waals surface area contributed by atoms with Gasteiger partial charge in [0.2, 0.25) is 0 Å². The van der Waals surface area contributed by atoms with Gasteiger partial charge < -0.3 is 13.9 Å². The highest BCUT2D eigenvalue weighted by Crippen LogP contribution is 2.30. The zero-order valence-electron chi connectivity index (χ0n) is 14.0. The molecule has 3 aromatic rings. The Labute approximate surface area is 154 Å². The molecule has 25 heavy (non-hydrogen) atoms. The quantitative estimate of drug-likeness (QED) is 0.664. The van der Waals surface area contributed by atoms with Crippen LogP contribution in [0.25, 0.3) is 11.2 Å². The van der Waals surface area contributed by atoms with E-state index in [2.05, 4.69) is 32.4 Å². The summed E-state index contributed by atoms with van der Waals surface area (Å²) in [6.45, 7) is 4.41. The van der Waals surface area contributed by atoms with Gasteiger partial charge in [0.15, 0.2) is 16.1 Å². The Morgan fingerprint density at radius 2 is 2.28 bits per heavy atom. The molecule has 130 valence electrons. The van der Waals surface area contributed by atoms with Crippen molar-refractivity contribution in [2.24, 2.45) is 0 Å². The molecule has 7 heteroatoms. The third-order valence-corrected chi connectivity index (χ3v) is 5.03. The van der Waals surface area contributed by atoms with Crippen LogP contribution < -0.4 is 0 Å². The zero-order chi connectivity index (χ0) is 17.4. The van der Waals surface area contributed by atoms with Gasteiger partial charge in [-0.05, 0) is 53.0 Å². The molecule has 0 saturated carbocycles. The third-order valence-electron chi connectivity index (χ3n) is 4.61. The van der Waals surface area contributed by atoms with Crippen LogP contribution in [-0.4, -0.2) is 38.4 Å². The molecule has 0 N–H and O–H groups in total. The Bertz CT molecular complexity index is 917. The number of aryl methyl sites for hydroxylation is 1. The summed E-state index contributed by atoms with van der Waals surface area (Å²) in [6, 6.07) is 7.36. The van der Waals surface area contributed by atoms with E-state index in [4.69, 9.17) is 9.40 Å². The van der Waals surface area contributed by atoms with Crippen LogP contribution in [0.15, 0.2) is 39.5 Å². The van der Waals surface area contributed by atoms with E-state index < -0.39 is 0 Å². The molecular weight excluding hydrogens is 384 g/mol. The first-order valence-electron chi connectivity index (χ1n) is 8.53. The molecule has 0 bridgehead atoms. The van der Waals surface area contributed by atoms with Gasteiger partial charge in [-0.15, -0.1) is 0 Å². The van der Waals surface area contributed by atoms with Crippen molar-refractivity contribution in [2.45, 2.75) is 32.2 Å². The highest BCUT2D eigenvalue weighted by atomic mass is 79.9. The number of hydrogen-bond donors (Lipinski definition) is 0. The van der Waals surface area contributed by atoms with Gasteiger partial charge in [-0.25, -0.2) is 9.97 Å². The number of rotatable bonds is 4. The molecule has 1 atom stereocenters. The number of nitrogens with zero attached hydrogens (tertiary/aromatic N) is 4. The van der Waals surface area contributed by atoms with Crippen LogP contribution in [0.4, 0.5) is 0 Å². The number of hydrogen-bond acceptors (Lipinski definition) is 4. The Morgan fingerprint density at radius 3 is 3.04 bits per heavy atom. The average Bonchev–Trinajstić information content (AvgIpc) is 3.33. The minimum absolute atomic E-state index is 0.0653. The summed E-state index contributed by atoms with van der Waals surface area (Å²) in [5.74, 6) is 1.57. The van der Waals surface area contributed by atoms with Crippen LogP contribution in [0, 0.1) is 0 Å². The molecular formula is C18H19BrN4O2. The van der Waals surface area contributed by atoms with E-state index in [9.17, 15) is 4.79 Å². The number of fused-ring (bicyclic) bond motifs is 1. The minimum atomic E-state index is -0.0653. The lowest BCUT2D eigenvalue weighted by Crippen LogP contribution is -2.28. The number of carbonyl (C=O) groups excluding carboxylic acids is 1. The molecule has 4 heterocycles. The third kappa shape index (κ3) is 2.97. The van der Waals surface area contributed by atoms with Crippen molar-refractivity contribution in [2.75, 3.05) is 13.1 Å². The van der Waals surface area contributed by atoms with E-state index in [1.165, 1.54) is 0 Å². The molecule has 0 aromatic carbocycles. The highest BCUT2D eigenvalue weighted by Gasteiger charge is 2.32. The van der Waals surface area contributed by atoms with Gasteiger partial charge >= 0.3 is 0 Å². The van der Waals surface area contributed by atoms with E-state index >= 15 is 0 Å². The minimum Gasteiger partial charge on any atom is -0.444 e. The summed E-state index contributed by atoms with van der Waals surface area (Å²) in [5.41, 5.74) is 1.85. The summed E-state index contributed by atoms with van der Waals surface area (Å²) in [7, 11) is 0. The molecule has 1 amide bonds. The van der Waals surface area contributed by atoms with Gasteiger partial charge in [0, 0.05) is 31.7 Å². The molecule has 6 nitrogen and oxygen atoms in total. The van der Waals surface area contributed by atoms with Crippen molar-refractivity contribution in [1.82, 2.24) is 19.4 Å². The molecule has 1 saturated heterocycles. The standard InChI is InChI=1S/C18H19BrN4O2/c1-2-9-23-16(21-13-4-3-8-20-17(13)23)12-7-10-22(11-12)18(24)14-5-6-15(19)25-14/h3-6,8,12H,2,7,9-11H2,1H3/t12-/m0/s1. The maximum absolute atomic E-state index is 12.6. The first-order valence-corrected chi connectivity index (χ1v) is 9.32. The smallest absolute Gasteiger partial charge is 0.289 e. The Balaban J connectivity index is 1.60. The SMILES string of the molecule is CCCn1c([C@H]2CCN(C(=O)c3ccc(Br)o3)C2)nc2cccnc21. The van der Waals surface area contributed by atoms with E-state index in [-0.39, 0.29) is 11.8 Å². The van der Waals surface area contributed by atoms with Crippen LogP contribution in [0.5, 0.6) is 0 Å². The lowest BCUT2D eigenvalue weighted by molar-refractivity contribution is 0.0757. The maximum Gasteiger partial charge on any atom is 0.289 e. The Hall–Kier alpha value is -2.15. The lowest BCUT2D eigenvalue weighted by Gasteiger charge is -2.16. The summed E-state index contributed by atoms with van der Waals surface area (Å²) >= 11 is 3.25. The fourth-order valence-electron chi connectivity index (χ4n) is 3.47. The van der Waals surface area contributed by atoms with Gasteiger partial charge in [0.05, 0.1) is 0 Å². The molecule has 1 aliphatic rings. The van der Waals surface area contributed by atoms with E-state index in [1.807, 2.05) is 17.0 Å². The predicted molar refractivity (Wildman–Crippen MR) is 97.5 cm³/mol. The summed E-state index contributed by atoms with van der Waals surface area (Å²) in [4.78, 5) is 23.7. The van der Waals surface area contributed by atoms with Gasteiger partial charge in [-0.1, -0.05) is 6.92 Å². The van der Waals surface area contributed by atoms with Crippen LogP contribution in [0.1, 0.15) is 42.1 Å². The van der Waals surface area contributed by atoms with Crippen LogP contribution >= 0.6 is 15.9 Å². The van der Waals surface area contributed by atoms with Crippen molar-refractivity contribution in [3.05, 3.63) is 46.7 Å². The largest absolute Gasteiger partial charge is 0.444 e. The highest BCUT2D eigenvalue weighted by molar-refractivity contribution is 9.10. The van der Waals surface area contributed by atoms with Crippen molar-refractivity contribution < 1.29 is 9.21 Å². The lowest BCUT2D eigenvalue weighted by atomic mass is 10.1. The predicted octanol–water partition coefficient (Wildman–Crippen LogP) is 3.83. The van der Waals surface area contributed by atoms with Crippen LogP contribution in [-0.2, 0) is 6.54 Å². The Kier molecular flexibility index (Phi) is 4.33. The number of imidazole rings is 1. The van der Waals surface area contributed by atoms with Gasteiger partial charge in [0.25, 0.3) is 5.91 Å². The van der Waals surface area contributed by atoms with E-state index in [0.29, 0.717) is 23.5 Å². The zero-order valence-corrected chi connectivity index (χ0v) is 15.6. The molecule has 1 fully saturated rings. The van der Waals surface area contributed by atoms with Gasteiger partial charge in [-0.3, -0.25) is 4.79 Å². The second-order valence-electron chi connectivity index (χ2n) is 6.31. The van der Waals surface area contributed by atoms with E-state index in [1.54, 1.807) is 18.3 Å². The Morgan fingerprint density at radius 1 is 1.40 bits per heavy atom. The first-order chi connectivity index (χ1) is 12.2. The monoisotopic (exact) mass is 402 g/mol. The maximum atomic E-state index is 12.6. The normalized spacial score (nSPS) is 17.5. The number of pyridine rings is 1. The van der Waals surface area contributed by atoms with E-state index in [0.717, 1.165) is 36.4 Å². The van der Waals surface area contributed by atoms with Crippen molar-refractivity contribution >= 4 is 33.0 Å². The summed E-state index contributed by atoms with van der Waals surface area (Å²) < 4.78 is 8.18. The molecule has 0 radical (unpaired) electrons. The van der Waals surface area contributed by atoms with Crippen LogP contribution in [0.3, 0.4) is 0 Å². The molecule has 0 aliphatic carbocycles. The number of amides is 1. The number of halogens is 1. The molecule has 4 rings (SSSR count). The number of carbonyl (C=O) groups is 1. The molecule has 0 unspecified atom stereocenters. The van der Waals surface area contributed by atoms with Crippen molar-refractivity contribution in [1.29, 1.82) is 0 Å². The average molecular weight is 403 g/mol. The molecule has 3 aromatic heterocycles. The fraction of sp³-hybridized carbons (Fsp3) is 0.389. The van der Waals surface area contributed by atoms with Crippen LogP contribution in [0.2, 0.25) is 0 Å².